The second-order valence-corrected chi connectivity index (χ2v) is 7.70. The molecule has 0 saturated carbocycles. The first-order valence-corrected chi connectivity index (χ1v) is 9.13. The molecule has 0 spiro atoms. The molecule has 1 atom stereocenters. The maximum absolute atomic E-state index is 14.7. The summed E-state index contributed by atoms with van der Waals surface area (Å²) in [4.78, 5) is 13.0. The van der Waals surface area contributed by atoms with Gasteiger partial charge in [-0.05, 0) is 25.0 Å². The van der Waals surface area contributed by atoms with Crippen LogP contribution in [0.5, 0.6) is 0 Å². The third-order valence-electron chi connectivity index (χ3n) is 4.58. The topological polar surface area (TPSA) is 90.6 Å². The Morgan fingerprint density at radius 3 is 2.71 bits per heavy atom. The van der Waals surface area contributed by atoms with Crippen LogP contribution in [0.15, 0.2) is 18.2 Å². The first-order chi connectivity index (χ1) is 11.5. The smallest absolute Gasteiger partial charge is 0.414 e. The van der Waals surface area contributed by atoms with E-state index < -0.39 is 34.2 Å². The zero-order chi connectivity index (χ0) is 17.3. The van der Waals surface area contributed by atoms with Gasteiger partial charge >= 0.3 is 6.09 Å². The van der Waals surface area contributed by atoms with Crippen molar-refractivity contribution in [1.82, 2.24) is 0 Å². The second kappa shape index (κ2) is 6.49. The standard InChI is InChI=1S/C16H17FN2O4S/c17-14-7-11(19-8-12(9-20)23-15(19)21)1-2-13(14)16(10-18)3-5-24(22)6-4-16/h1-2,7,12,20H,3-6,8-9H2/t12-,16?,24?/m1/s1. The number of aliphatic hydroxyl groups excluding tert-OH is 1. The van der Waals surface area contributed by atoms with Crippen LogP contribution in [0, 0.1) is 17.1 Å². The highest BCUT2D eigenvalue weighted by atomic mass is 32.2. The molecule has 0 bridgehead atoms. The number of nitrogens with zero attached hydrogens (tertiary/aromatic N) is 2. The van der Waals surface area contributed by atoms with Crippen LogP contribution in [-0.4, -0.2) is 46.2 Å². The predicted octanol–water partition coefficient (Wildman–Crippen LogP) is 1.45. The maximum atomic E-state index is 14.7. The van der Waals surface area contributed by atoms with Crippen molar-refractivity contribution in [3.63, 3.8) is 0 Å². The summed E-state index contributed by atoms with van der Waals surface area (Å²) >= 11 is 0. The fraction of sp³-hybridized carbons (Fsp3) is 0.500. The average Bonchev–Trinajstić information content (AvgIpc) is 2.97. The summed E-state index contributed by atoms with van der Waals surface area (Å²) < 4.78 is 31.1. The van der Waals surface area contributed by atoms with Crippen LogP contribution < -0.4 is 4.90 Å². The number of halogens is 1. The van der Waals surface area contributed by atoms with Gasteiger partial charge in [0.1, 0.15) is 11.9 Å². The number of anilines is 1. The van der Waals surface area contributed by atoms with Crippen LogP contribution in [0.3, 0.4) is 0 Å². The Kier molecular flexibility index (Phi) is 4.56. The van der Waals surface area contributed by atoms with Gasteiger partial charge < -0.3 is 9.84 Å². The number of carbonyl (C=O) groups is 1. The molecule has 0 aliphatic carbocycles. The average molecular weight is 352 g/mol. The largest absolute Gasteiger partial charge is 0.441 e. The molecular weight excluding hydrogens is 335 g/mol. The number of rotatable bonds is 3. The Hall–Kier alpha value is -1.98. The lowest BCUT2D eigenvalue weighted by Gasteiger charge is -2.31. The Morgan fingerprint density at radius 2 is 2.17 bits per heavy atom. The maximum Gasteiger partial charge on any atom is 0.414 e. The lowest BCUT2D eigenvalue weighted by Crippen LogP contribution is -2.34. The number of cyclic esters (lactones) is 1. The molecule has 0 radical (unpaired) electrons. The van der Waals surface area contributed by atoms with Gasteiger partial charge in [0.05, 0.1) is 30.3 Å². The van der Waals surface area contributed by atoms with E-state index in [0.717, 1.165) is 0 Å². The van der Waals surface area contributed by atoms with Crippen LogP contribution in [0.4, 0.5) is 14.9 Å². The van der Waals surface area contributed by atoms with Gasteiger partial charge in [0, 0.05) is 27.9 Å². The number of ether oxygens (including phenoxy) is 1. The summed E-state index contributed by atoms with van der Waals surface area (Å²) in [5, 5.41) is 18.6. The van der Waals surface area contributed by atoms with Crippen molar-refractivity contribution in [3.05, 3.63) is 29.6 Å². The summed E-state index contributed by atoms with van der Waals surface area (Å²) in [5.41, 5.74) is -0.378. The molecule has 1 amide bonds. The number of nitriles is 1. The van der Waals surface area contributed by atoms with Gasteiger partial charge in [0.15, 0.2) is 0 Å². The van der Waals surface area contributed by atoms with E-state index in [2.05, 4.69) is 6.07 Å². The SMILES string of the molecule is N#CC1(c2ccc(N3C[C@H](CO)OC3=O)cc2F)CCS(=O)CC1. The Labute approximate surface area is 141 Å². The van der Waals surface area contributed by atoms with Gasteiger partial charge in [0.25, 0.3) is 0 Å². The molecule has 24 heavy (non-hydrogen) atoms. The molecule has 0 aromatic heterocycles. The molecule has 2 fully saturated rings. The van der Waals surface area contributed by atoms with Crippen molar-refractivity contribution < 1.29 is 23.2 Å². The molecule has 8 heteroatoms. The summed E-state index contributed by atoms with van der Waals surface area (Å²) in [7, 11) is -0.952. The lowest BCUT2D eigenvalue weighted by molar-refractivity contribution is 0.0963. The summed E-state index contributed by atoms with van der Waals surface area (Å²) in [6, 6.07) is 6.49. The monoisotopic (exact) mass is 352 g/mol. The highest BCUT2D eigenvalue weighted by molar-refractivity contribution is 7.85. The van der Waals surface area contributed by atoms with Crippen LogP contribution in [0.1, 0.15) is 18.4 Å². The number of hydrogen-bond acceptors (Lipinski definition) is 5. The van der Waals surface area contributed by atoms with E-state index in [1.54, 1.807) is 6.07 Å². The predicted molar refractivity (Wildman–Crippen MR) is 85.5 cm³/mol. The Bertz CT molecular complexity index is 723. The van der Waals surface area contributed by atoms with Crippen molar-refractivity contribution in [1.29, 1.82) is 5.26 Å². The van der Waals surface area contributed by atoms with Gasteiger partial charge in [-0.25, -0.2) is 9.18 Å². The highest BCUT2D eigenvalue weighted by Gasteiger charge is 2.39. The molecule has 2 heterocycles. The summed E-state index contributed by atoms with van der Waals surface area (Å²) in [6.45, 7) is -0.145. The lowest BCUT2D eigenvalue weighted by atomic mass is 9.76. The third kappa shape index (κ3) is 2.89. The van der Waals surface area contributed by atoms with Crippen LogP contribution in [0.25, 0.3) is 0 Å². The van der Waals surface area contributed by atoms with Gasteiger partial charge in [-0.15, -0.1) is 0 Å². The van der Waals surface area contributed by atoms with E-state index in [1.165, 1.54) is 17.0 Å². The Balaban J connectivity index is 1.89. The molecule has 2 aliphatic heterocycles. The van der Waals surface area contributed by atoms with Crippen LogP contribution >= 0.6 is 0 Å². The minimum Gasteiger partial charge on any atom is -0.441 e. The highest BCUT2D eigenvalue weighted by Crippen LogP contribution is 2.38. The van der Waals surface area contributed by atoms with E-state index in [1.807, 2.05) is 0 Å². The van der Waals surface area contributed by atoms with Crippen molar-refractivity contribution >= 4 is 22.6 Å². The molecule has 3 rings (SSSR count). The normalized spacial score (nSPS) is 30.0. The molecule has 6 nitrogen and oxygen atoms in total. The van der Waals surface area contributed by atoms with E-state index in [9.17, 15) is 18.7 Å². The molecular formula is C16H17FN2O4S. The van der Waals surface area contributed by atoms with E-state index in [-0.39, 0.29) is 18.7 Å². The molecule has 2 saturated heterocycles. The fourth-order valence-electron chi connectivity index (χ4n) is 3.13. The van der Waals surface area contributed by atoms with Crippen LogP contribution in [0.2, 0.25) is 0 Å². The van der Waals surface area contributed by atoms with E-state index in [4.69, 9.17) is 9.84 Å². The van der Waals surface area contributed by atoms with Crippen LogP contribution in [-0.2, 0) is 21.0 Å². The molecule has 128 valence electrons. The fourth-order valence-corrected chi connectivity index (χ4v) is 4.49. The molecule has 1 aromatic carbocycles. The minimum atomic E-state index is -0.977. The zero-order valence-electron chi connectivity index (χ0n) is 12.9. The van der Waals surface area contributed by atoms with Crippen molar-refractivity contribution in [2.45, 2.75) is 24.4 Å². The molecule has 0 unspecified atom stereocenters. The summed E-state index contributed by atoms with van der Waals surface area (Å²) in [6.07, 6.45) is -0.557. The van der Waals surface area contributed by atoms with Crippen molar-refractivity contribution in [2.24, 2.45) is 0 Å². The third-order valence-corrected chi connectivity index (χ3v) is 5.90. The second-order valence-electron chi connectivity index (χ2n) is 6.01. The van der Waals surface area contributed by atoms with Gasteiger partial charge in [-0.1, -0.05) is 6.07 Å². The van der Waals surface area contributed by atoms with Gasteiger partial charge in [-0.3, -0.25) is 9.11 Å². The zero-order valence-corrected chi connectivity index (χ0v) is 13.7. The Morgan fingerprint density at radius 1 is 1.46 bits per heavy atom. The first kappa shape index (κ1) is 16.9. The van der Waals surface area contributed by atoms with E-state index >= 15 is 0 Å². The number of aliphatic hydroxyl groups is 1. The van der Waals surface area contributed by atoms with Crippen molar-refractivity contribution in [3.8, 4) is 6.07 Å². The number of hydrogen-bond donors (Lipinski definition) is 1. The van der Waals surface area contributed by atoms with E-state index in [0.29, 0.717) is 30.0 Å². The first-order valence-electron chi connectivity index (χ1n) is 7.64. The van der Waals surface area contributed by atoms with Gasteiger partial charge in [-0.2, -0.15) is 5.26 Å². The quantitative estimate of drug-likeness (QED) is 0.889. The molecule has 2 aliphatic rings. The molecule has 1 N–H and O–H groups in total. The number of carbonyl (C=O) groups excluding carboxylic acids is 1. The molecule has 1 aromatic rings. The minimum absolute atomic E-state index is 0.149. The number of benzene rings is 1. The number of amides is 1. The van der Waals surface area contributed by atoms with Crippen molar-refractivity contribution in [2.75, 3.05) is 29.6 Å². The van der Waals surface area contributed by atoms with Gasteiger partial charge in [0.2, 0.25) is 0 Å². The summed E-state index contributed by atoms with van der Waals surface area (Å²) in [5.74, 6) is 0.193.